The number of hydrogen-bond donors (Lipinski definition) is 2. The lowest BCUT2D eigenvalue weighted by molar-refractivity contribution is 0.240. The molecule has 0 bridgehead atoms. The molecular formula is C20H24FN3O2. The van der Waals surface area contributed by atoms with Gasteiger partial charge in [0.15, 0.2) is 11.6 Å². The molecule has 0 fully saturated rings. The van der Waals surface area contributed by atoms with Gasteiger partial charge in [0.05, 0.1) is 7.11 Å². The summed E-state index contributed by atoms with van der Waals surface area (Å²) in [6, 6.07) is 12.9. The van der Waals surface area contributed by atoms with E-state index in [4.69, 9.17) is 4.74 Å². The first-order chi connectivity index (χ1) is 12.6. The smallest absolute Gasteiger partial charge is 0.315 e. The monoisotopic (exact) mass is 357 g/mol. The summed E-state index contributed by atoms with van der Waals surface area (Å²) >= 11 is 0. The summed E-state index contributed by atoms with van der Waals surface area (Å²) in [4.78, 5) is 14.3. The van der Waals surface area contributed by atoms with E-state index < -0.39 is 5.82 Å². The van der Waals surface area contributed by atoms with Crippen molar-refractivity contribution in [3.63, 3.8) is 0 Å². The minimum atomic E-state index is -0.437. The molecule has 6 heteroatoms. The topological polar surface area (TPSA) is 53.6 Å². The van der Waals surface area contributed by atoms with Gasteiger partial charge in [-0.1, -0.05) is 24.3 Å². The fraction of sp³-hybridized carbons (Fsp3) is 0.350. The Balaban J connectivity index is 1.46. The maximum absolute atomic E-state index is 13.7. The maximum Gasteiger partial charge on any atom is 0.315 e. The van der Waals surface area contributed by atoms with Crippen LogP contribution in [0.3, 0.4) is 0 Å². The van der Waals surface area contributed by atoms with Crippen molar-refractivity contribution in [3.05, 3.63) is 59.4 Å². The Bertz CT molecular complexity index is 781. The highest BCUT2D eigenvalue weighted by molar-refractivity contribution is 5.74. The minimum Gasteiger partial charge on any atom is -0.494 e. The number of benzene rings is 2. The van der Waals surface area contributed by atoms with E-state index in [2.05, 4.69) is 40.7 Å². The summed E-state index contributed by atoms with van der Waals surface area (Å²) in [6.07, 6.45) is 1.04. The third-order valence-electron chi connectivity index (χ3n) is 4.68. The van der Waals surface area contributed by atoms with Crippen LogP contribution in [0.1, 0.15) is 18.1 Å². The molecule has 1 atom stereocenters. The van der Waals surface area contributed by atoms with Gasteiger partial charge in [-0.3, -0.25) is 0 Å². The van der Waals surface area contributed by atoms with Crippen LogP contribution in [0.25, 0.3) is 0 Å². The van der Waals surface area contributed by atoms with Crippen LogP contribution in [-0.2, 0) is 13.0 Å². The van der Waals surface area contributed by atoms with Gasteiger partial charge < -0.3 is 20.3 Å². The van der Waals surface area contributed by atoms with Crippen LogP contribution in [0.4, 0.5) is 14.9 Å². The molecule has 1 unspecified atom stereocenters. The van der Waals surface area contributed by atoms with Crippen LogP contribution in [0.5, 0.6) is 5.75 Å². The molecule has 26 heavy (non-hydrogen) atoms. The molecule has 1 aliphatic heterocycles. The lowest BCUT2D eigenvalue weighted by Crippen LogP contribution is -2.44. The molecule has 2 amide bonds. The molecule has 0 saturated carbocycles. The molecule has 3 rings (SSSR count). The molecule has 1 heterocycles. The summed E-state index contributed by atoms with van der Waals surface area (Å²) in [7, 11) is 1.42. The molecule has 0 radical (unpaired) electrons. The molecule has 2 N–H and O–H groups in total. The van der Waals surface area contributed by atoms with Crippen molar-refractivity contribution in [2.45, 2.75) is 25.9 Å². The number of nitrogens with zero attached hydrogens (tertiary/aromatic N) is 1. The molecular weight excluding hydrogens is 333 g/mol. The predicted octanol–water partition coefficient (Wildman–Crippen LogP) is 3.08. The van der Waals surface area contributed by atoms with E-state index in [9.17, 15) is 9.18 Å². The molecule has 2 aromatic rings. The lowest BCUT2D eigenvalue weighted by Gasteiger charge is -2.27. The standard InChI is InChI=1S/C20H24FN3O2/c1-14(24-10-9-16-5-3-4-6-18(16)24)12-22-20(25)23-13-15-7-8-19(26-2)17(21)11-15/h3-8,11,14H,9-10,12-13H2,1-2H3,(H2,22,23,25). The number of para-hydroxylation sites is 1. The zero-order valence-electron chi connectivity index (χ0n) is 15.1. The van der Waals surface area contributed by atoms with E-state index in [0.717, 1.165) is 13.0 Å². The highest BCUT2D eigenvalue weighted by Crippen LogP contribution is 2.28. The molecule has 2 aromatic carbocycles. The van der Waals surface area contributed by atoms with Crippen molar-refractivity contribution in [2.75, 3.05) is 25.1 Å². The number of ether oxygens (including phenoxy) is 1. The number of anilines is 1. The van der Waals surface area contributed by atoms with E-state index in [-0.39, 0.29) is 24.4 Å². The number of carbonyl (C=O) groups excluding carboxylic acids is 1. The second-order valence-corrected chi connectivity index (χ2v) is 6.45. The molecule has 0 aromatic heterocycles. The Morgan fingerprint density at radius 1 is 1.27 bits per heavy atom. The first-order valence-electron chi connectivity index (χ1n) is 8.77. The summed E-state index contributed by atoms with van der Waals surface area (Å²) in [5.74, 6) is -0.244. The van der Waals surface area contributed by atoms with Crippen molar-refractivity contribution in [2.24, 2.45) is 0 Å². The SMILES string of the molecule is COc1ccc(CNC(=O)NCC(C)N2CCc3ccccc32)cc1F. The fourth-order valence-electron chi connectivity index (χ4n) is 3.24. The van der Waals surface area contributed by atoms with Gasteiger partial charge in [-0.15, -0.1) is 0 Å². The van der Waals surface area contributed by atoms with Gasteiger partial charge in [0.2, 0.25) is 0 Å². The first-order valence-corrected chi connectivity index (χ1v) is 8.77. The Morgan fingerprint density at radius 2 is 2.08 bits per heavy atom. The summed E-state index contributed by atoms with van der Waals surface area (Å²) in [6.45, 7) is 3.86. The van der Waals surface area contributed by atoms with Gasteiger partial charge in [-0.2, -0.15) is 0 Å². The van der Waals surface area contributed by atoms with Gasteiger partial charge in [-0.05, 0) is 42.7 Å². The van der Waals surface area contributed by atoms with Gasteiger partial charge in [-0.25, -0.2) is 9.18 Å². The van der Waals surface area contributed by atoms with Crippen LogP contribution in [0, 0.1) is 5.82 Å². The number of urea groups is 1. The van der Waals surface area contributed by atoms with E-state index in [0.29, 0.717) is 12.1 Å². The largest absolute Gasteiger partial charge is 0.494 e. The quantitative estimate of drug-likeness (QED) is 0.835. The molecule has 1 aliphatic rings. The molecule has 0 aliphatic carbocycles. The fourth-order valence-corrected chi connectivity index (χ4v) is 3.24. The van der Waals surface area contributed by atoms with Crippen LogP contribution >= 0.6 is 0 Å². The average Bonchev–Trinajstić information content (AvgIpc) is 3.08. The summed E-state index contributed by atoms with van der Waals surface area (Å²) in [5, 5.41) is 5.64. The zero-order valence-corrected chi connectivity index (χ0v) is 15.1. The van der Waals surface area contributed by atoms with Crippen molar-refractivity contribution >= 4 is 11.7 Å². The first kappa shape index (κ1) is 18.0. The highest BCUT2D eigenvalue weighted by atomic mass is 19.1. The molecule has 0 saturated heterocycles. The number of nitrogens with one attached hydrogen (secondary N) is 2. The second-order valence-electron chi connectivity index (χ2n) is 6.45. The number of fused-ring (bicyclic) bond motifs is 1. The zero-order chi connectivity index (χ0) is 18.5. The lowest BCUT2D eigenvalue weighted by atomic mass is 10.2. The highest BCUT2D eigenvalue weighted by Gasteiger charge is 2.23. The van der Waals surface area contributed by atoms with Gasteiger partial charge >= 0.3 is 6.03 Å². The Morgan fingerprint density at radius 3 is 2.85 bits per heavy atom. The average molecular weight is 357 g/mol. The van der Waals surface area contributed by atoms with Crippen molar-refractivity contribution in [1.29, 1.82) is 0 Å². The molecule has 0 spiro atoms. The van der Waals surface area contributed by atoms with Gasteiger partial charge in [0.1, 0.15) is 0 Å². The van der Waals surface area contributed by atoms with Gasteiger partial charge in [0.25, 0.3) is 0 Å². The van der Waals surface area contributed by atoms with E-state index in [1.54, 1.807) is 12.1 Å². The summed E-state index contributed by atoms with van der Waals surface area (Å²) in [5.41, 5.74) is 3.28. The number of halogens is 1. The normalized spacial score (nSPS) is 13.9. The minimum absolute atomic E-state index is 0.193. The van der Waals surface area contributed by atoms with Gasteiger partial charge in [0, 0.05) is 31.4 Å². The predicted molar refractivity (Wildman–Crippen MR) is 100 cm³/mol. The number of carbonyl (C=O) groups is 1. The van der Waals surface area contributed by atoms with E-state index in [1.165, 1.54) is 24.4 Å². The molecule has 5 nitrogen and oxygen atoms in total. The Labute approximate surface area is 153 Å². The van der Waals surface area contributed by atoms with E-state index >= 15 is 0 Å². The van der Waals surface area contributed by atoms with Crippen molar-refractivity contribution in [3.8, 4) is 5.75 Å². The third kappa shape index (κ3) is 4.07. The number of hydrogen-bond acceptors (Lipinski definition) is 3. The third-order valence-corrected chi connectivity index (χ3v) is 4.68. The second kappa shape index (κ2) is 8.08. The number of methoxy groups -OCH3 is 1. The van der Waals surface area contributed by atoms with Crippen molar-refractivity contribution < 1.29 is 13.9 Å². The van der Waals surface area contributed by atoms with Crippen LogP contribution in [0.15, 0.2) is 42.5 Å². The van der Waals surface area contributed by atoms with Crippen LogP contribution in [0.2, 0.25) is 0 Å². The number of rotatable bonds is 6. The number of amides is 2. The van der Waals surface area contributed by atoms with Crippen LogP contribution in [-0.4, -0.2) is 32.3 Å². The Hall–Kier alpha value is -2.76. The molecule has 138 valence electrons. The maximum atomic E-state index is 13.7. The summed E-state index contributed by atoms with van der Waals surface area (Å²) < 4.78 is 18.5. The van der Waals surface area contributed by atoms with Crippen LogP contribution < -0.4 is 20.3 Å². The Kier molecular flexibility index (Phi) is 5.61. The van der Waals surface area contributed by atoms with Crippen molar-refractivity contribution in [1.82, 2.24) is 10.6 Å². The van der Waals surface area contributed by atoms with E-state index in [1.807, 2.05) is 6.07 Å².